The Kier molecular flexibility index (Phi) is 4.36. The smallest absolute Gasteiger partial charge is 0.126 e. The van der Waals surface area contributed by atoms with Gasteiger partial charge < -0.3 is 5.32 Å². The number of hydrogen-bond acceptors (Lipinski definition) is 3. The highest BCUT2D eigenvalue weighted by atomic mass is 32.1. The topological polar surface area (TPSA) is 24.9 Å². The molecule has 1 aliphatic rings. The van der Waals surface area contributed by atoms with E-state index in [2.05, 4.69) is 12.2 Å². The maximum absolute atomic E-state index is 13.9. The lowest BCUT2D eigenvalue weighted by Gasteiger charge is -2.17. The van der Waals surface area contributed by atoms with E-state index in [1.807, 2.05) is 12.1 Å². The summed E-state index contributed by atoms with van der Waals surface area (Å²) in [6, 6.07) is 5.52. The molecule has 2 nitrogen and oxygen atoms in total. The zero-order valence-corrected chi connectivity index (χ0v) is 13.4. The summed E-state index contributed by atoms with van der Waals surface area (Å²) in [5.74, 6) is -0.139. The van der Waals surface area contributed by atoms with E-state index in [0.717, 1.165) is 36.4 Å². The maximum atomic E-state index is 13.9. The van der Waals surface area contributed by atoms with Gasteiger partial charge in [-0.15, -0.1) is 11.3 Å². The van der Waals surface area contributed by atoms with Gasteiger partial charge in [0.2, 0.25) is 0 Å². The lowest BCUT2D eigenvalue weighted by Crippen LogP contribution is -2.23. The van der Waals surface area contributed by atoms with Crippen LogP contribution in [-0.2, 0) is 12.8 Å². The normalized spacial score (nSPS) is 15.2. The number of halogens is 1. The quantitative estimate of drug-likeness (QED) is 0.897. The van der Waals surface area contributed by atoms with E-state index in [0.29, 0.717) is 5.56 Å². The Morgan fingerprint density at radius 3 is 2.95 bits per heavy atom. The van der Waals surface area contributed by atoms with Crippen molar-refractivity contribution in [2.75, 3.05) is 6.54 Å². The molecule has 21 heavy (non-hydrogen) atoms. The minimum Gasteiger partial charge on any atom is -0.304 e. The van der Waals surface area contributed by atoms with E-state index in [1.165, 1.54) is 17.0 Å². The fourth-order valence-corrected chi connectivity index (χ4v) is 4.02. The second-order valence-corrected chi connectivity index (χ2v) is 6.79. The van der Waals surface area contributed by atoms with Crippen molar-refractivity contribution in [3.8, 4) is 0 Å². The van der Waals surface area contributed by atoms with Crippen LogP contribution < -0.4 is 5.32 Å². The Hall–Kier alpha value is -1.26. The summed E-state index contributed by atoms with van der Waals surface area (Å²) in [6.45, 7) is 4.84. The zero-order chi connectivity index (χ0) is 14.8. The van der Waals surface area contributed by atoms with Crippen LogP contribution in [0.2, 0.25) is 0 Å². The van der Waals surface area contributed by atoms with Crippen LogP contribution in [0, 0.1) is 12.7 Å². The first-order chi connectivity index (χ1) is 10.2. The Labute approximate surface area is 129 Å². The summed E-state index contributed by atoms with van der Waals surface area (Å²) in [6.07, 6.45) is 4.51. The highest BCUT2D eigenvalue weighted by Crippen LogP contribution is 2.33. The molecule has 1 aromatic carbocycles. The first kappa shape index (κ1) is 14.7. The van der Waals surface area contributed by atoms with Gasteiger partial charge in [0.05, 0.1) is 11.7 Å². The molecule has 1 N–H and O–H groups in total. The predicted octanol–water partition coefficient (Wildman–Crippen LogP) is 4.17. The van der Waals surface area contributed by atoms with E-state index in [1.54, 1.807) is 24.3 Å². The molecule has 0 bridgehead atoms. The Morgan fingerprint density at radius 1 is 1.38 bits per heavy atom. The summed E-state index contributed by atoms with van der Waals surface area (Å²) >= 11 is 1.79. The van der Waals surface area contributed by atoms with E-state index < -0.39 is 0 Å². The van der Waals surface area contributed by atoms with Crippen molar-refractivity contribution in [1.29, 1.82) is 0 Å². The van der Waals surface area contributed by atoms with Crippen LogP contribution in [-0.4, -0.2) is 11.5 Å². The van der Waals surface area contributed by atoms with E-state index in [-0.39, 0.29) is 11.9 Å². The van der Waals surface area contributed by atoms with Gasteiger partial charge in [-0.1, -0.05) is 19.1 Å². The average molecular weight is 304 g/mol. The maximum Gasteiger partial charge on any atom is 0.126 e. The number of nitrogens with one attached hydrogen (secondary N) is 1. The van der Waals surface area contributed by atoms with Crippen LogP contribution in [0.4, 0.5) is 4.39 Å². The Bertz CT molecular complexity index is 614. The van der Waals surface area contributed by atoms with Gasteiger partial charge >= 0.3 is 0 Å². The van der Waals surface area contributed by atoms with E-state index >= 15 is 0 Å². The van der Waals surface area contributed by atoms with Gasteiger partial charge in [0.1, 0.15) is 10.8 Å². The summed E-state index contributed by atoms with van der Waals surface area (Å²) in [7, 11) is 0. The first-order valence-electron chi connectivity index (χ1n) is 7.67. The van der Waals surface area contributed by atoms with Crippen molar-refractivity contribution in [2.45, 2.75) is 45.6 Å². The summed E-state index contributed by atoms with van der Waals surface area (Å²) in [5, 5.41) is 4.60. The third-order valence-electron chi connectivity index (χ3n) is 3.99. The molecule has 0 fully saturated rings. The number of aromatic nitrogens is 1. The third-order valence-corrected chi connectivity index (χ3v) is 5.21. The third kappa shape index (κ3) is 3.01. The number of rotatable bonds is 5. The van der Waals surface area contributed by atoms with Crippen LogP contribution in [0.1, 0.15) is 52.5 Å². The molecule has 1 aromatic heterocycles. The molecule has 2 aromatic rings. The lowest BCUT2D eigenvalue weighted by atomic mass is 10.0. The van der Waals surface area contributed by atoms with Gasteiger partial charge in [0.15, 0.2) is 0 Å². The van der Waals surface area contributed by atoms with Gasteiger partial charge in [-0.2, -0.15) is 0 Å². The second kappa shape index (κ2) is 6.24. The molecule has 1 atom stereocenters. The van der Waals surface area contributed by atoms with Crippen molar-refractivity contribution in [3.63, 3.8) is 0 Å². The predicted molar refractivity (Wildman–Crippen MR) is 85.4 cm³/mol. The zero-order valence-electron chi connectivity index (χ0n) is 12.6. The average Bonchev–Trinajstić information content (AvgIpc) is 3.04. The van der Waals surface area contributed by atoms with Crippen LogP contribution in [0.5, 0.6) is 0 Å². The van der Waals surface area contributed by atoms with Crippen LogP contribution in [0.15, 0.2) is 18.2 Å². The van der Waals surface area contributed by atoms with Crippen LogP contribution >= 0.6 is 11.3 Å². The largest absolute Gasteiger partial charge is 0.304 e. The van der Waals surface area contributed by atoms with E-state index in [9.17, 15) is 4.39 Å². The Balaban J connectivity index is 1.94. The molecule has 0 amide bonds. The molecule has 0 saturated carbocycles. The number of benzene rings is 1. The molecule has 112 valence electrons. The molecule has 0 aliphatic heterocycles. The van der Waals surface area contributed by atoms with Crippen molar-refractivity contribution in [2.24, 2.45) is 0 Å². The molecule has 1 unspecified atom stereocenters. The van der Waals surface area contributed by atoms with Gasteiger partial charge in [-0.25, -0.2) is 9.37 Å². The van der Waals surface area contributed by atoms with Crippen molar-refractivity contribution < 1.29 is 4.39 Å². The van der Waals surface area contributed by atoms with Crippen LogP contribution in [0.3, 0.4) is 0 Å². The molecular formula is C17H21FN2S. The van der Waals surface area contributed by atoms with Gasteiger partial charge in [0.25, 0.3) is 0 Å². The fraction of sp³-hybridized carbons (Fsp3) is 0.471. The van der Waals surface area contributed by atoms with Crippen LogP contribution in [0.25, 0.3) is 0 Å². The number of aryl methyl sites for hydroxylation is 3. The molecular weight excluding hydrogens is 283 g/mol. The SMILES string of the molecule is CCCNC(c1ccc(C)c(F)c1)c1nc2c(s1)CCC2. The van der Waals surface area contributed by atoms with E-state index in [4.69, 9.17) is 4.98 Å². The van der Waals surface area contributed by atoms with Crippen molar-refractivity contribution >= 4 is 11.3 Å². The molecule has 4 heteroatoms. The molecule has 0 spiro atoms. The molecule has 1 aliphatic carbocycles. The minimum absolute atomic E-state index is 0.00986. The molecule has 1 heterocycles. The lowest BCUT2D eigenvalue weighted by molar-refractivity contribution is 0.579. The molecule has 0 saturated heterocycles. The Morgan fingerprint density at radius 2 is 2.24 bits per heavy atom. The molecule has 0 radical (unpaired) electrons. The summed E-state index contributed by atoms with van der Waals surface area (Å²) < 4.78 is 13.9. The fourth-order valence-electron chi connectivity index (χ4n) is 2.76. The van der Waals surface area contributed by atoms with Gasteiger partial charge in [-0.05, 0) is 56.3 Å². The number of nitrogens with zero attached hydrogens (tertiary/aromatic N) is 1. The summed E-state index contributed by atoms with van der Waals surface area (Å²) in [4.78, 5) is 6.22. The highest BCUT2D eigenvalue weighted by Gasteiger charge is 2.23. The minimum atomic E-state index is -0.139. The number of thiazole rings is 1. The van der Waals surface area contributed by atoms with Crippen molar-refractivity contribution in [1.82, 2.24) is 10.3 Å². The highest BCUT2D eigenvalue weighted by molar-refractivity contribution is 7.11. The first-order valence-corrected chi connectivity index (χ1v) is 8.48. The van der Waals surface area contributed by atoms with Crippen molar-refractivity contribution in [3.05, 3.63) is 50.7 Å². The molecule has 3 rings (SSSR count). The van der Waals surface area contributed by atoms with Gasteiger partial charge in [-0.3, -0.25) is 0 Å². The summed E-state index contributed by atoms with van der Waals surface area (Å²) in [5.41, 5.74) is 2.92. The van der Waals surface area contributed by atoms with Gasteiger partial charge in [0, 0.05) is 4.88 Å². The number of hydrogen-bond donors (Lipinski definition) is 1. The number of fused-ring (bicyclic) bond motifs is 1. The monoisotopic (exact) mass is 304 g/mol. The standard InChI is InChI=1S/C17H21FN2S/c1-3-9-19-16(12-8-7-11(2)13(18)10-12)17-20-14-5-4-6-15(14)21-17/h7-8,10,16,19H,3-6,9H2,1-2H3. The second-order valence-electron chi connectivity index (χ2n) is 5.67.